The summed E-state index contributed by atoms with van der Waals surface area (Å²) < 4.78 is 0. The Balaban J connectivity index is 2.85. The molecule has 0 aliphatic carbocycles. The maximum Gasteiger partial charge on any atom is 0.274 e. The molecule has 20 heavy (non-hydrogen) atoms. The molecule has 0 atom stereocenters. The SMILES string of the molecule is Cc1cc(C)c([N+](=O)[O-])cc1NCC(C)(C)CCC#N. The third-order valence-corrected chi connectivity index (χ3v) is 3.41. The molecule has 0 radical (unpaired) electrons. The van der Waals surface area contributed by atoms with Crippen LogP contribution in [0.4, 0.5) is 11.4 Å². The van der Waals surface area contributed by atoms with E-state index >= 15 is 0 Å². The number of hydrogen-bond acceptors (Lipinski definition) is 4. The van der Waals surface area contributed by atoms with E-state index in [4.69, 9.17) is 5.26 Å². The third kappa shape index (κ3) is 4.23. The summed E-state index contributed by atoms with van der Waals surface area (Å²) in [6.45, 7) is 8.51. The van der Waals surface area contributed by atoms with Crippen molar-refractivity contribution in [3.63, 3.8) is 0 Å². The van der Waals surface area contributed by atoms with Gasteiger partial charge in [0.2, 0.25) is 0 Å². The van der Waals surface area contributed by atoms with Crippen LogP contribution in [0.15, 0.2) is 12.1 Å². The number of nitro groups is 1. The fourth-order valence-electron chi connectivity index (χ4n) is 2.05. The van der Waals surface area contributed by atoms with E-state index in [2.05, 4.69) is 25.2 Å². The van der Waals surface area contributed by atoms with E-state index in [-0.39, 0.29) is 16.0 Å². The van der Waals surface area contributed by atoms with E-state index < -0.39 is 0 Å². The van der Waals surface area contributed by atoms with Crippen molar-refractivity contribution in [1.29, 1.82) is 5.26 Å². The summed E-state index contributed by atoms with van der Waals surface area (Å²) in [7, 11) is 0. The topological polar surface area (TPSA) is 79.0 Å². The normalized spacial score (nSPS) is 10.9. The molecule has 5 heteroatoms. The van der Waals surface area contributed by atoms with Crippen LogP contribution >= 0.6 is 0 Å². The van der Waals surface area contributed by atoms with E-state index in [0.29, 0.717) is 18.5 Å². The molecule has 1 rings (SSSR count). The molecular formula is C15H21N3O2. The zero-order valence-corrected chi connectivity index (χ0v) is 12.5. The number of nitrogens with one attached hydrogen (secondary N) is 1. The molecule has 0 aromatic heterocycles. The first-order valence-corrected chi connectivity index (χ1v) is 6.63. The van der Waals surface area contributed by atoms with Gasteiger partial charge in [-0.2, -0.15) is 5.26 Å². The van der Waals surface area contributed by atoms with Crippen molar-refractivity contribution < 1.29 is 4.92 Å². The van der Waals surface area contributed by atoms with Crippen LogP contribution < -0.4 is 5.32 Å². The van der Waals surface area contributed by atoms with Crippen molar-refractivity contribution in [3.05, 3.63) is 33.4 Å². The van der Waals surface area contributed by atoms with Gasteiger partial charge in [0.05, 0.1) is 11.0 Å². The molecular weight excluding hydrogens is 254 g/mol. The molecule has 0 amide bonds. The van der Waals surface area contributed by atoms with Gasteiger partial charge in [-0.15, -0.1) is 0 Å². The van der Waals surface area contributed by atoms with Gasteiger partial charge in [0.1, 0.15) is 0 Å². The van der Waals surface area contributed by atoms with Gasteiger partial charge in [-0.05, 0) is 37.3 Å². The number of hydrogen-bond donors (Lipinski definition) is 1. The average molecular weight is 275 g/mol. The van der Waals surface area contributed by atoms with E-state index in [9.17, 15) is 10.1 Å². The maximum atomic E-state index is 11.0. The molecule has 0 aliphatic heterocycles. The number of anilines is 1. The van der Waals surface area contributed by atoms with Crippen LogP contribution in [0.5, 0.6) is 0 Å². The van der Waals surface area contributed by atoms with Crippen LogP contribution in [0, 0.1) is 40.7 Å². The number of nitriles is 1. The highest BCUT2D eigenvalue weighted by Crippen LogP contribution is 2.28. The summed E-state index contributed by atoms with van der Waals surface area (Å²) in [6, 6.07) is 5.56. The Kier molecular flexibility index (Phi) is 5.09. The molecule has 0 spiro atoms. The fourth-order valence-corrected chi connectivity index (χ4v) is 2.05. The zero-order chi connectivity index (χ0) is 15.3. The number of nitro benzene ring substituents is 1. The molecule has 0 unspecified atom stereocenters. The number of rotatable bonds is 6. The highest BCUT2D eigenvalue weighted by molar-refractivity contribution is 5.60. The summed E-state index contributed by atoms with van der Waals surface area (Å²) in [5.41, 5.74) is 2.55. The van der Waals surface area contributed by atoms with Crippen LogP contribution in [0.25, 0.3) is 0 Å². The van der Waals surface area contributed by atoms with Gasteiger partial charge in [0.25, 0.3) is 5.69 Å². The largest absolute Gasteiger partial charge is 0.384 e. The van der Waals surface area contributed by atoms with Crippen molar-refractivity contribution in [1.82, 2.24) is 0 Å². The van der Waals surface area contributed by atoms with Crippen molar-refractivity contribution in [3.8, 4) is 6.07 Å². The maximum absolute atomic E-state index is 11.0. The summed E-state index contributed by atoms with van der Waals surface area (Å²) >= 11 is 0. The molecule has 0 fully saturated rings. The smallest absolute Gasteiger partial charge is 0.274 e. The molecule has 0 bridgehead atoms. The highest BCUT2D eigenvalue weighted by atomic mass is 16.6. The van der Waals surface area contributed by atoms with Gasteiger partial charge in [0, 0.05) is 30.3 Å². The molecule has 1 aromatic rings. The Morgan fingerprint density at radius 2 is 2.00 bits per heavy atom. The van der Waals surface area contributed by atoms with E-state index in [0.717, 1.165) is 17.7 Å². The molecule has 0 saturated carbocycles. The van der Waals surface area contributed by atoms with Gasteiger partial charge < -0.3 is 5.32 Å². The highest BCUT2D eigenvalue weighted by Gasteiger charge is 2.19. The number of aryl methyl sites for hydroxylation is 2. The fraction of sp³-hybridized carbons (Fsp3) is 0.533. The lowest BCUT2D eigenvalue weighted by molar-refractivity contribution is -0.385. The Bertz CT molecular complexity index is 545. The lowest BCUT2D eigenvalue weighted by Gasteiger charge is -2.25. The van der Waals surface area contributed by atoms with Gasteiger partial charge in [-0.1, -0.05) is 13.8 Å². The molecule has 0 aliphatic rings. The Labute approximate surface area is 119 Å². The second-order valence-electron chi connectivity index (χ2n) is 5.89. The van der Waals surface area contributed by atoms with Gasteiger partial charge in [-0.3, -0.25) is 10.1 Å². The first kappa shape index (κ1) is 16.0. The lowest BCUT2D eigenvalue weighted by atomic mass is 9.88. The van der Waals surface area contributed by atoms with Gasteiger partial charge in [0.15, 0.2) is 0 Å². The van der Waals surface area contributed by atoms with Crippen LogP contribution in [0.1, 0.15) is 37.8 Å². The second kappa shape index (κ2) is 6.38. The van der Waals surface area contributed by atoms with Crippen molar-refractivity contribution in [2.75, 3.05) is 11.9 Å². The number of benzene rings is 1. The predicted octanol–water partition coefficient (Wildman–Crippen LogP) is 3.95. The Morgan fingerprint density at radius 3 is 2.55 bits per heavy atom. The predicted molar refractivity (Wildman–Crippen MR) is 79.7 cm³/mol. The minimum absolute atomic E-state index is 0.0260. The molecule has 1 N–H and O–H groups in total. The van der Waals surface area contributed by atoms with Crippen LogP contribution in [0.3, 0.4) is 0 Å². The molecule has 108 valence electrons. The standard InChI is InChI=1S/C15H21N3O2/c1-11-8-12(2)14(18(19)20)9-13(11)17-10-15(3,4)6-5-7-16/h8-9,17H,5-6,10H2,1-4H3. The molecule has 5 nitrogen and oxygen atoms in total. The van der Waals surface area contributed by atoms with Gasteiger partial charge >= 0.3 is 0 Å². The third-order valence-electron chi connectivity index (χ3n) is 3.41. The zero-order valence-electron chi connectivity index (χ0n) is 12.5. The summed E-state index contributed by atoms with van der Waals surface area (Å²) in [4.78, 5) is 10.6. The molecule has 1 aromatic carbocycles. The Hall–Kier alpha value is -2.09. The monoisotopic (exact) mass is 275 g/mol. The lowest BCUT2D eigenvalue weighted by Crippen LogP contribution is -2.23. The van der Waals surface area contributed by atoms with Crippen molar-refractivity contribution >= 4 is 11.4 Å². The van der Waals surface area contributed by atoms with Crippen molar-refractivity contribution in [2.24, 2.45) is 5.41 Å². The first-order valence-electron chi connectivity index (χ1n) is 6.63. The van der Waals surface area contributed by atoms with E-state index in [1.54, 1.807) is 13.0 Å². The summed E-state index contributed by atoms with van der Waals surface area (Å²) in [6.07, 6.45) is 1.31. The van der Waals surface area contributed by atoms with Crippen LogP contribution in [-0.2, 0) is 0 Å². The minimum atomic E-state index is -0.360. The summed E-state index contributed by atoms with van der Waals surface area (Å²) in [5.74, 6) is 0. The Morgan fingerprint density at radius 1 is 1.35 bits per heavy atom. The van der Waals surface area contributed by atoms with Crippen molar-refractivity contribution in [2.45, 2.75) is 40.5 Å². The summed E-state index contributed by atoms with van der Waals surface area (Å²) in [5, 5.41) is 22.9. The minimum Gasteiger partial charge on any atom is -0.384 e. The van der Waals surface area contributed by atoms with E-state index in [1.165, 1.54) is 0 Å². The quantitative estimate of drug-likeness (QED) is 0.629. The first-order chi connectivity index (χ1) is 9.26. The molecule has 0 heterocycles. The number of nitrogens with zero attached hydrogens (tertiary/aromatic N) is 2. The van der Waals surface area contributed by atoms with E-state index in [1.807, 2.05) is 13.0 Å². The second-order valence-corrected chi connectivity index (χ2v) is 5.89. The van der Waals surface area contributed by atoms with Crippen LogP contribution in [0.2, 0.25) is 0 Å². The average Bonchev–Trinajstić information content (AvgIpc) is 2.35. The molecule has 0 saturated heterocycles. The van der Waals surface area contributed by atoms with Gasteiger partial charge in [-0.25, -0.2) is 0 Å². The van der Waals surface area contributed by atoms with Crippen LogP contribution in [-0.4, -0.2) is 11.5 Å².